The number of nitrogens with zero attached hydrogens (tertiary/aromatic N) is 1. The summed E-state index contributed by atoms with van der Waals surface area (Å²) in [6, 6.07) is 4.80. The molecule has 0 aliphatic carbocycles. The summed E-state index contributed by atoms with van der Waals surface area (Å²) in [6.45, 7) is 0.394. The van der Waals surface area contributed by atoms with Crippen LogP contribution < -0.4 is 0 Å². The summed E-state index contributed by atoms with van der Waals surface area (Å²) in [5.74, 6) is 0. The Morgan fingerprint density at radius 3 is 2.33 bits per heavy atom. The van der Waals surface area contributed by atoms with E-state index in [9.17, 15) is 13.2 Å². The fourth-order valence-electron chi connectivity index (χ4n) is 1.37. The zero-order chi connectivity index (χ0) is 10.9. The molecular weight excluding hydrogens is 207 g/mol. The van der Waals surface area contributed by atoms with Crippen molar-refractivity contribution in [2.75, 3.05) is 6.61 Å². The molecule has 0 spiro atoms. The summed E-state index contributed by atoms with van der Waals surface area (Å²) >= 11 is 0. The van der Waals surface area contributed by atoms with Crippen LogP contribution in [0.1, 0.15) is 17.2 Å². The van der Waals surface area contributed by atoms with E-state index in [0.717, 1.165) is 17.7 Å². The van der Waals surface area contributed by atoms with E-state index in [1.165, 1.54) is 18.5 Å². The van der Waals surface area contributed by atoms with Crippen molar-refractivity contribution in [2.24, 2.45) is 4.99 Å². The molecule has 1 unspecified atom stereocenters. The Kier molecular flexibility index (Phi) is 2.38. The third-order valence-corrected chi connectivity index (χ3v) is 2.19. The third kappa shape index (κ3) is 2.11. The Bertz CT molecular complexity index is 369. The normalized spacial score (nSPS) is 20.3. The second kappa shape index (κ2) is 3.56. The average Bonchev–Trinajstić information content (AvgIpc) is 2.69. The standard InChI is InChI=1S/C10H8F3NO/c11-10(12,13)8-3-1-7(2-4-8)9-5-15-6-14-9/h1-4,6,9H,5H2. The monoisotopic (exact) mass is 215 g/mol. The Morgan fingerprint density at radius 2 is 1.87 bits per heavy atom. The van der Waals surface area contributed by atoms with Gasteiger partial charge in [-0.2, -0.15) is 13.2 Å². The molecule has 5 heteroatoms. The minimum absolute atomic E-state index is 0.174. The minimum atomic E-state index is -4.28. The average molecular weight is 215 g/mol. The fraction of sp³-hybridized carbons (Fsp3) is 0.300. The maximum absolute atomic E-state index is 12.2. The van der Waals surface area contributed by atoms with Crippen LogP contribution in [0.2, 0.25) is 0 Å². The number of rotatable bonds is 1. The number of alkyl halides is 3. The van der Waals surface area contributed by atoms with Gasteiger partial charge in [-0.25, -0.2) is 4.99 Å². The van der Waals surface area contributed by atoms with E-state index >= 15 is 0 Å². The van der Waals surface area contributed by atoms with Crippen molar-refractivity contribution < 1.29 is 17.9 Å². The van der Waals surface area contributed by atoms with Crippen molar-refractivity contribution in [1.29, 1.82) is 0 Å². The lowest BCUT2D eigenvalue weighted by atomic mass is 10.1. The van der Waals surface area contributed by atoms with Crippen molar-refractivity contribution in [3.05, 3.63) is 35.4 Å². The van der Waals surface area contributed by atoms with Crippen molar-refractivity contribution in [3.63, 3.8) is 0 Å². The lowest BCUT2D eigenvalue weighted by Crippen LogP contribution is -2.05. The van der Waals surface area contributed by atoms with E-state index in [1.54, 1.807) is 0 Å². The van der Waals surface area contributed by atoms with Gasteiger partial charge in [-0.3, -0.25) is 0 Å². The summed E-state index contributed by atoms with van der Waals surface area (Å²) in [5.41, 5.74) is 0.0888. The molecule has 15 heavy (non-hydrogen) atoms. The van der Waals surface area contributed by atoms with E-state index in [4.69, 9.17) is 4.74 Å². The third-order valence-electron chi connectivity index (χ3n) is 2.19. The van der Waals surface area contributed by atoms with E-state index in [1.807, 2.05) is 0 Å². The largest absolute Gasteiger partial charge is 0.481 e. The predicted molar refractivity (Wildman–Crippen MR) is 48.6 cm³/mol. The summed E-state index contributed by atoms with van der Waals surface area (Å²) in [5, 5.41) is 0. The molecule has 2 rings (SSSR count). The van der Waals surface area contributed by atoms with E-state index in [2.05, 4.69) is 4.99 Å². The van der Waals surface area contributed by atoms with Gasteiger partial charge in [0.05, 0.1) is 5.56 Å². The first kappa shape index (κ1) is 10.0. The fourth-order valence-corrected chi connectivity index (χ4v) is 1.37. The summed E-state index contributed by atoms with van der Waals surface area (Å²) in [7, 11) is 0. The molecular formula is C10H8F3NO. The van der Waals surface area contributed by atoms with Crippen molar-refractivity contribution in [2.45, 2.75) is 12.2 Å². The number of hydrogen-bond acceptors (Lipinski definition) is 2. The topological polar surface area (TPSA) is 21.6 Å². The van der Waals surface area contributed by atoms with Crippen LogP contribution in [-0.4, -0.2) is 13.0 Å². The van der Waals surface area contributed by atoms with Crippen LogP contribution in [0.25, 0.3) is 0 Å². The van der Waals surface area contributed by atoms with Gasteiger partial charge in [-0.05, 0) is 17.7 Å². The first-order chi connectivity index (χ1) is 7.07. The molecule has 0 N–H and O–H groups in total. The van der Waals surface area contributed by atoms with E-state index < -0.39 is 11.7 Å². The van der Waals surface area contributed by atoms with Gasteiger partial charge in [0, 0.05) is 0 Å². The minimum Gasteiger partial charge on any atom is -0.481 e. The van der Waals surface area contributed by atoms with Crippen molar-refractivity contribution in [1.82, 2.24) is 0 Å². The summed E-state index contributed by atoms with van der Waals surface area (Å²) < 4.78 is 41.6. The van der Waals surface area contributed by atoms with Gasteiger partial charge in [0.25, 0.3) is 0 Å². The highest BCUT2D eigenvalue weighted by Gasteiger charge is 2.30. The van der Waals surface area contributed by atoms with Gasteiger partial charge < -0.3 is 4.74 Å². The van der Waals surface area contributed by atoms with Crippen LogP contribution in [0.3, 0.4) is 0 Å². The molecule has 0 saturated carbocycles. The maximum Gasteiger partial charge on any atom is 0.416 e. The van der Waals surface area contributed by atoms with Crippen LogP contribution >= 0.6 is 0 Å². The molecule has 0 aromatic heterocycles. The first-order valence-electron chi connectivity index (χ1n) is 4.38. The van der Waals surface area contributed by atoms with Crippen LogP contribution in [0.15, 0.2) is 29.3 Å². The Hall–Kier alpha value is -1.52. The van der Waals surface area contributed by atoms with Crippen LogP contribution in [0.4, 0.5) is 13.2 Å². The number of ether oxygens (including phenoxy) is 1. The Morgan fingerprint density at radius 1 is 1.20 bits per heavy atom. The quantitative estimate of drug-likeness (QED) is 0.705. The molecule has 0 fully saturated rings. The first-order valence-corrected chi connectivity index (χ1v) is 4.38. The number of hydrogen-bond donors (Lipinski definition) is 0. The Labute approximate surface area is 84.4 Å². The molecule has 1 aliphatic rings. The Balaban J connectivity index is 2.20. The molecule has 0 saturated heterocycles. The van der Waals surface area contributed by atoms with Gasteiger partial charge >= 0.3 is 6.18 Å². The number of halogens is 3. The molecule has 0 amide bonds. The molecule has 80 valence electrons. The SMILES string of the molecule is FC(F)(F)c1ccc(C2COC=N2)cc1. The number of aliphatic imine (C=N–C) groups is 1. The van der Waals surface area contributed by atoms with Gasteiger partial charge in [-0.1, -0.05) is 12.1 Å². The molecule has 1 atom stereocenters. The summed E-state index contributed by atoms with van der Waals surface area (Å²) in [4.78, 5) is 3.97. The van der Waals surface area contributed by atoms with Crippen LogP contribution in [0.5, 0.6) is 0 Å². The van der Waals surface area contributed by atoms with Gasteiger partial charge in [-0.15, -0.1) is 0 Å². The molecule has 1 heterocycles. The predicted octanol–water partition coefficient (Wildman–Crippen LogP) is 2.81. The van der Waals surface area contributed by atoms with Crippen LogP contribution in [0, 0.1) is 0 Å². The highest BCUT2D eigenvalue weighted by atomic mass is 19.4. The smallest absolute Gasteiger partial charge is 0.416 e. The molecule has 1 aromatic carbocycles. The molecule has 1 aromatic rings. The van der Waals surface area contributed by atoms with Crippen molar-refractivity contribution in [3.8, 4) is 0 Å². The van der Waals surface area contributed by atoms with Gasteiger partial charge in [0.2, 0.25) is 0 Å². The molecule has 0 bridgehead atoms. The highest BCUT2D eigenvalue weighted by Crippen LogP contribution is 2.30. The van der Waals surface area contributed by atoms with Gasteiger partial charge in [0.1, 0.15) is 12.6 Å². The number of benzene rings is 1. The molecule has 2 nitrogen and oxygen atoms in total. The summed E-state index contributed by atoms with van der Waals surface area (Å²) in [6.07, 6.45) is -2.96. The van der Waals surface area contributed by atoms with Crippen LogP contribution in [-0.2, 0) is 10.9 Å². The van der Waals surface area contributed by atoms with Gasteiger partial charge in [0.15, 0.2) is 6.40 Å². The second-order valence-corrected chi connectivity index (χ2v) is 3.22. The van der Waals surface area contributed by atoms with Crippen molar-refractivity contribution >= 4 is 6.40 Å². The van der Waals surface area contributed by atoms with E-state index in [-0.39, 0.29) is 6.04 Å². The highest BCUT2D eigenvalue weighted by molar-refractivity contribution is 5.50. The lowest BCUT2D eigenvalue weighted by Gasteiger charge is -2.09. The maximum atomic E-state index is 12.2. The second-order valence-electron chi connectivity index (χ2n) is 3.22. The van der Waals surface area contributed by atoms with E-state index in [0.29, 0.717) is 6.61 Å². The lowest BCUT2D eigenvalue weighted by molar-refractivity contribution is -0.137. The zero-order valence-corrected chi connectivity index (χ0v) is 7.66. The zero-order valence-electron chi connectivity index (χ0n) is 7.66. The molecule has 0 radical (unpaired) electrons. The molecule has 1 aliphatic heterocycles.